The van der Waals surface area contributed by atoms with Gasteiger partial charge in [0.25, 0.3) is 0 Å². The van der Waals surface area contributed by atoms with E-state index in [0.29, 0.717) is 13.0 Å². The third-order valence-corrected chi connectivity index (χ3v) is 2.49. The lowest BCUT2D eigenvalue weighted by Crippen LogP contribution is -2.46. The van der Waals surface area contributed by atoms with Crippen LogP contribution in [0.4, 0.5) is 0 Å². The van der Waals surface area contributed by atoms with Crippen molar-refractivity contribution in [1.82, 2.24) is 0 Å². The average Bonchev–Trinajstić information content (AvgIpc) is 2.10. The summed E-state index contributed by atoms with van der Waals surface area (Å²) in [6.45, 7) is 2.12. The minimum Gasteiger partial charge on any atom is -0.466 e. The second-order valence-electron chi connectivity index (χ2n) is 3.44. The van der Waals surface area contributed by atoms with E-state index in [0.717, 1.165) is 12.8 Å². The molecule has 0 radical (unpaired) electrons. The Balaban J connectivity index is 2.52. The van der Waals surface area contributed by atoms with Crippen molar-refractivity contribution in [2.24, 2.45) is 11.7 Å². The first kappa shape index (κ1) is 10.5. The molecule has 1 aliphatic carbocycles. The second kappa shape index (κ2) is 4.58. The van der Waals surface area contributed by atoms with Crippen LogP contribution in [-0.2, 0) is 9.53 Å². The number of hydrogen-bond acceptors (Lipinski definition) is 4. The molecule has 0 bridgehead atoms. The molecule has 0 unspecified atom stereocenters. The second-order valence-corrected chi connectivity index (χ2v) is 3.44. The zero-order chi connectivity index (χ0) is 9.84. The summed E-state index contributed by atoms with van der Waals surface area (Å²) in [5.74, 6) is -0.728. The summed E-state index contributed by atoms with van der Waals surface area (Å²) in [7, 11) is 0. The zero-order valence-corrected chi connectivity index (χ0v) is 7.90. The fraction of sp³-hybridized carbons (Fsp3) is 0.889. The van der Waals surface area contributed by atoms with E-state index in [-0.39, 0.29) is 12.0 Å². The van der Waals surface area contributed by atoms with Crippen molar-refractivity contribution in [2.45, 2.75) is 38.3 Å². The summed E-state index contributed by atoms with van der Waals surface area (Å²) < 4.78 is 4.85. The highest BCUT2D eigenvalue weighted by molar-refractivity contribution is 5.73. The highest BCUT2D eigenvalue weighted by atomic mass is 16.5. The van der Waals surface area contributed by atoms with Crippen molar-refractivity contribution in [1.29, 1.82) is 0 Å². The van der Waals surface area contributed by atoms with Gasteiger partial charge in [-0.2, -0.15) is 0 Å². The summed E-state index contributed by atoms with van der Waals surface area (Å²) in [6.07, 6.45) is 1.64. The van der Waals surface area contributed by atoms with E-state index in [9.17, 15) is 9.90 Å². The molecule has 4 heteroatoms. The number of carbonyl (C=O) groups excluding carboxylic acids is 1. The van der Waals surface area contributed by atoms with E-state index in [1.54, 1.807) is 6.92 Å². The topological polar surface area (TPSA) is 72.5 Å². The van der Waals surface area contributed by atoms with Gasteiger partial charge in [0.1, 0.15) is 0 Å². The zero-order valence-electron chi connectivity index (χ0n) is 7.90. The van der Waals surface area contributed by atoms with E-state index in [4.69, 9.17) is 10.5 Å². The molecule has 0 aromatic rings. The summed E-state index contributed by atoms with van der Waals surface area (Å²) >= 11 is 0. The summed E-state index contributed by atoms with van der Waals surface area (Å²) in [4.78, 5) is 11.3. The molecule has 0 aromatic carbocycles. The van der Waals surface area contributed by atoms with Gasteiger partial charge in [0.2, 0.25) is 0 Å². The van der Waals surface area contributed by atoms with Crippen molar-refractivity contribution in [3.05, 3.63) is 0 Å². The molecule has 0 saturated heterocycles. The smallest absolute Gasteiger partial charge is 0.311 e. The third kappa shape index (κ3) is 2.42. The molecule has 1 aliphatic rings. The molecule has 1 saturated carbocycles. The van der Waals surface area contributed by atoms with Crippen LogP contribution in [0.25, 0.3) is 0 Å². The summed E-state index contributed by atoms with van der Waals surface area (Å²) in [6, 6.07) is -0.275. The predicted molar refractivity (Wildman–Crippen MR) is 48.0 cm³/mol. The van der Waals surface area contributed by atoms with Gasteiger partial charge >= 0.3 is 5.97 Å². The lowest BCUT2D eigenvalue weighted by atomic mass is 9.83. The van der Waals surface area contributed by atoms with Crippen molar-refractivity contribution < 1.29 is 14.6 Å². The number of ether oxygens (including phenoxy) is 1. The highest BCUT2D eigenvalue weighted by Gasteiger charge is 2.35. The monoisotopic (exact) mass is 187 g/mol. The number of rotatable bonds is 2. The molecule has 0 spiro atoms. The van der Waals surface area contributed by atoms with Gasteiger partial charge < -0.3 is 15.6 Å². The van der Waals surface area contributed by atoms with E-state index < -0.39 is 12.0 Å². The van der Waals surface area contributed by atoms with Crippen LogP contribution < -0.4 is 5.73 Å². The van der Waals surface area contributed by atoms with E-state index >= 15 is 0 Å². The van der Waals surface area contributed by atoms with Gasteiger partial charge in [-0.05, 0) is 19.8 Å². The Bertz CT molecular complexity index is 184. The normalized spacial score (nSPS) is 34.2. The van der Waals surface area contributed by atoms with Crippen LogP contribution in [0.1, 0.15) is 26.2 Å². The fourth-order valence-corrected chi connectivity index (χ4v) is 1.72. The average molecular weight is 187 g/mol. The maximum Gasteiger partial charge on any atom is 0.311 e. The van der Waals surface area contributed by atoms with E-state index in [1.807, 2.05) is 0 Å². The van der Waals surface area contributed by atoms with Gasteiger partial charge in [-0.15, -0.1) is 0 Å². The van der Waals surface area contributed by atoms with E-state index in [2.05, 4.69) is 0 Å². The molecule has 76 valence electrons. The van der Waals surface area contributed by atoms with Crippen LogP contribution in [-0.4, -0.2) is 29.8 Å². The van der Waals surface area contributed by atoms with Crippen molar-refractivity contribution in [2.75, 3.05) is 6.61 Å². The highest BCUT2D eigenvalue weighted by Crippen LogP contribution is 2.24. The van der Waals surface area contributed by atoms with Crippen molar-refractivity contribution in [3.63, 3.8) is 0 Å². The Labute approximate surface area is 78.1 Å². The number of aliphatic hydroxyl groups excluding tert-OH is 1. The Morgan fingerprint density at radius 3 is 2.92 bits per heavy atom. The van der Waals surface area contributed by atoms with Crippen LogP contribution in [0.5, 0.6) is 0 Å². The molecule has 0 aromatic heterocycles. The summed E-state index contributed by atoms with van der Waals surface area (Å²) in [5, 5.41) is 9.61. The van der Waals surface area contributed by atoms with Gasteiger partial charge in [-0.3, -0.25) is 4.79 Å². The third-order valence-electron chi connectivity index (χ3n) is 2.49. The van der Waals surface area contributed by atoms with Crippen LogP contribution in [0.2, 0.25) is 0 Å². The molecule has 13 heavy (non-hydrogen) atoms. The Morgan fingerprint density at radius 2 is 2.31 bits per heavy atom. The van der Waals surface area contributed by atoms with Crippen LogP contribution in [0.3, 0.4) is 0 Å². The molecular weight excluding hydrogens is 170 g/mol. The maximum absolute atomic E-state index is 11.3. The predicted octanol–water partition coefficient (Wildman–Crippen LogP) is 0.0378. The number of aliphatic hydroxyl groups is 1. The molecule has 1 fully saturated rings. The van der Waals surface area contributed by atoms with Crippen molar-refractivity contribution in [3.8, 4) is 0 Å². The maximum atomic E-state index is 11.3. The first-order chi connectivity index (χ1) is 6.16. The molecule has 4 nitrogen and oxygen atoms in total. The molecule has 3 N–H and O–H groups in total. The van der Waals surface area contributed by atoms with Crippen LogP contribution in [0, 0.1) is 5.92 Å². The first-order valence-electron chi connectivity index (χ1n) is 4.77. The number of hydrogen-bond donors (Lipinski definition) is 2. The van der Waals surface area contributed by atoms with E-state index in [1.165, 1.54) is 0 Å². The Morgan fingerprint density at radius 1 is 1.62 bits per heavy atom. The minimum absolute atomic E-state index is 0.275. The molecular formula is C9H17NO3. The Hall–Kier alpha value is -0.610. The number of carbonyl (C=O) groups is 1. The van der Waals surface area contributed by atoms with Gasteiger partial charge in [0.05, 0.1) is 18.6 Å². The largest absolute Gasteiger partial charge is 0.466 e. The Kier molecular flexibility index (Phi) is 3.69. The number of esters is 1. The molecule has 1 rings (SSSR count). The van der Waals surface area contributed by atoms with Crippen LogP contribution in [0.15, 0.2) is 0 Å². The molecule has 3 atom stereocenters. The van der Waals surface area contributed by atoms with Gasteiger partial charge in [-0.1, -0.05) is 6.42 Å². The molecule has 0 amide bonds. The lowest BCUT2D eigenvalue weighted by Gasteiger charge is -2.30. The van der Waals surface area contributed by atoms with Crippen molar-refractivity contribution >= 4 is 5.97 Å². The van der Waals surface area contributed by atoms with Gasteiger partial charge in [-0.25, -0.2) is 0 Å². The minimum atomic E-state index is -0.729. The van der Waals surface area contributed by atoms with Gasteiger partial charge in [0.15, 0.2) is 0 Å². The molecule has 0 heterocycles. The SMILES string of the molecule is CCOC(=O)[C@H]1CCC[C@@H](N)[C@@H]1O. The quantitative estimate of drug-likeness (QED) is 0.598. The number of nitrogens with two attached hydrogens (primary N) is 1. The van der Waals surface area contributed by atoms with Crippen LogP contribution >= 0.6 is 0 Å². The lowest BCUT2D eigenvalue weighted by molar-refractivity contribution is -0.154. The summed E-state index contributed by atoms with van der Waals surface area (Å²) in [5.41, 5.74) is 5.64. The molecule has 0 aliphatic heterocycles. The standard InChI is InChI=1S/C9H17NO3/c1-2-13-9(12)6-4-3-5-7(10)8(6)11/h6-8,11H,2-5,10H2,1H3/t6-,7+,8+/m0/s1. The van der Waals surface area contributed by atoms with Gasteiger partial charge in [0, 0.05) is 6.04 Å². The fourth-order valence-electron chi connectivity index (χ4n) is 1.72. The first-order valence-corrected chi connectivity index (χ1v) is 4.77.